The van der Waals surface area contributed by atoms with Crippen molar-refractivity contribution in [2.75, 3.05) is 33.3 Å². The van der Waals surface area contributed by atoms with Crippen LogP contribution in [0.4, 0.5) is 4.39 Å². The van der Waals surface area contributed by atoms with Gasteiger partial charge in [-0.05, 0) is 31.0 Å². The molecule has 0 radical (unpaired) electrons. The molecule has 1 heterocycles. The lowest BCUT2D eigenvalue weighted by molar-refractivity contribution is 0.172. The van der Waals surface area contributed by atoms with Gasteiger partial charge < -0.3 is 10.1 Å². The maximum atomic E-state index is 13.9. The molecule has 1 saturated heterocycles. The van der Waals surface area contributed by atoms with Crippen molar-refractivity contribution in [3.8, 4) is 5.75 Å². The molecular formula is C16H25Cl2FN2O. The Morgan fingerprint density at radius 3 is 2.50 bits per heavy atom. The van der Waals surface area contributed by atoms with Crippen LogP contribution in [0.5, 0.6) is 5.75 Å². The van der Waals surface area contributed by atoms with Crippen LogP contribution >= 0.6 is 24.8 Å². The highest BCUT2D eigenvalue weighted by Crippen LogP contribution is 2.30. The molecule has 1 aliphatic rings. The summed E-state index contributed by atoms with van der Waals surface area (Å²) >= 11 is 0. The second-order valence-corrected chi connectivity index (χ2v) is 5.36. The molecule has 1 aliphatic heterocycles. The summed E-state index contributed by atoms with van der Waals surface area (Å²) in [5.74, 6) is -0.00464. The number of rotatable bonds is 5. The van der Waals surface area contributed by atoms with Crippen LogP contribution < -0.4 is 10.1 Å². The van der Waals surface area contributed by atoms with E-state index in [2.05, 4.69) is 16.8 Å². The summed E-state index contributed by atoms with van der Waals surface area (Å²) in [6.07, 6.45) is 0.853. The van der Waals surface area contributed by atoms with E-state index in [-0.39, 0.29) is 36.7 Å². The van der Waals surface area contributed by atoms with Crippen molar-refractivity contribution in [3.05, 3.63) is 41.7 Å². The minimum atomic E-state index is -0.299. The number of methoxy groups -OCH3 is 1. The molecule has 126 valence electrons. The monoisotopic (exact) mass is 350 g/mol. The number of piperazine rings is 1. The van der Waals surface area contributed by atoms with Crippen molar-refractivity contribution in [3.63, 3.8) is 0 Å². The fourth-order valence-corrected chi connectivity index (χ4v) is 2.67. The van der Waals surface area contributed by atoms with Gasteiger partial charge in [0.15, 0.2) is 11.6 Å². The molecule has 0 aliphatic carbocycles. The summed E-state index contributed by atoms with van der Waals surface area (Å²) in [5, 5.41) is 3.35. The summed E-state index contributed by atoms with van der Waals surface area (Å²) in [6.45, 7) is 9.94. The van der Waals surface area contributed by atoms with Gasteiger partial charge in [-0.3, -0.25) is 4.90 Å². The maximum Gasteiger partial charge on any atom is 0.165 e. The maximum absolute atomic E-state index is 13.9. The summed E-state index contributed by atoms with van der Waals surface area (Å²) in [5.41, 5.74) is 2.11. The minimum Gasteiger partial charge on any atom is -0.494 e. The highest BCUT2D eigenvalue weighted by Gasteiger charge is 2.23. The van der Waals surface area contributed by atoms with E-state index in [0.717, 1.165) is 43.7 Å². The molecule has 0 amide bonds. The first-order valence-electron chi connectivity index (χ1n) is 7.04. The van der Waals surface area contributed by atoms with Crippen molar-refractivity contribution in [2.45, 2.75) is 19.4 Å². The first kappa shape index (κ1) is 21.2. The average Bonchev–Trinajstić information content (AvgIpc) is 2.45. The Balaban J connectivity index is 0.00000220. The Morgan fingerprint density at radius 2 is 2.00 bits per heavy atom. The molecule has 1 fully saturated rings. The molecule has 2 rings (SSSR count). The van der Waals surface area contributed by atoms with E-state index < -0.39 is 0 Å². The van der Waals surface area contributed by atoms with E-state index in [4.69, 9.17) is 4.74 Å². The van der Waals surface area contributed by atoms with Crippen LogP contribution in [0, 0.1) is 5.82 Å². The van der Waals surface area contributed by atoms with Crippen LogP contribution in [-0.2, 0) is 0 Å². The summed E-state index contributed by atoms with van der Waals surface area (Å²) < 4.78 is 18.9. The van der Waals surface area contributed by atoms with E-state index in [0.29, 0.717) is 5.75 Å². The van der Waals surface area contributed by atoms with Gasteiger partial charge in [0.25, 0.3) is 0 Å². The van der Waals surface area contributed by atoms with Crippen LogP contribution in [0.2, 0.25) is 0 Å². The molecule has 6 heteroatoms. The van der Waals surface area contributed by atoms with Gasteiger partial charge in [0.05, 0.1) is 7.11 Å². The van der Waals surface area contributed by atoms with E-state index >= 15 is 0 Å². The number of hydrogen-bond acceptors (Lipinski definition) is 3. The van der Waals surface area contributed by atoms with Gasteiger partial charge in [0.2, 0.25) is 0 Å². The highest BCUT2D eigenvalue weighted by atomic mass is 35.5. The topological polar surface area (TPSA) is 24.5 Å². The Kier molecular flexibility index (Phi) is 9.69. The third-order valence-corrected chi connectivity index (χ3v) is 3.69. The fraction of sp³-hybridized carbons (Fsp3) is 0.500. The normalized spacial score (nSPS) is 16.1. The van der Waals surface area contributed by atoms with Crippen LogP contribution in [0.25, 0.3) is 0 Å². The summed E-state index contributed by atoms with van der Waals surface area (Å²) in [6, 6.07) is 5.44. The van der Waals surface area contributed by atoms with Gasteiger partial charge in [-0.25, -0.2) is 4.39 Å². The summed E-state index contributed by atoms with van der Waals surface area (Å²) in [7, 11) is 1.49. The second-order valence-electron chi connectivity index (χ2n) is 5.36. The van der Waals surface area contributed by atoms with Gasteiger partial charge in [-0.15, -0.1) is 31.4 Å². The number of nitrogens with zero attached hydrogens (tertiary/aromatic N) is 1. The first-order chi connectivity index (χ1) is 9.61. The molecule has 1 aromatic rings. The molecule has 3 nitrogen and oxygen atoms in total. The molecule has 0 bridgehead atoms. The number of halogens is 3. The van der Waals surface area contributed by atoms with Crippen LogP contribution in [0.15, 0.2) is 30.4 Å². The molecule has 1 N–H and O–H groups in total. The van der Waals surface area contributed by atoms with Gasteiger partial charge in [-0.1, -0.05) is 11.6 Å². The quantitative estimate of drug-likeness (QED) is 0.821. The predicted octanol–water partition coefficient (Wildman–Crippen LogP) is 3.59. The van der Waals surface area contributed by atoms with Crippen molar-refractivity contribution >= 4 is 24.8 Å². The van der Waals surface area contributed by atoms with Crippen LogP contribution in [0.3, 0.4) is 0 Å². The van der Waals surface area contributed by atoms with Crippen molar-refractivity contribution in [1.82, 2.24) is 10.2 Å². The van der Waals surface area contributed by atoms with E-state index in [9.17, 15) is 4.39 Å². The van der Waals surface area contributed by atoms with Crippen molar-refractivity contribution in [1.29, 1.82) is 0 Å². The smallest absolute Gasteiger partial charge is 0.165 e. The Morgan fingerprint density at radius 1 is 1.36 bits per heavy atom. The molecular weight excluding hydrogens is 326 g/mol. The van der Waals surface area contributed by atoms with Crippen molar-refractivity contribution < 1.29 is 9.13 Å². The third kappa shape index (κ3) is 5.43. The SMILES string of the molecule is C=C(C)C[C@H](c1ccc(OC)c(F)c1)N1CCNCC1.Cl.Cl. The zero-order chi connectivity index (χ0) is 14.5. The van der Waals surface area contributed by atoms with Gasteiger partial charge in [0.1, 0.15) is 0 Å². The lowest BCUT2D eigenvalue weighted by atomic mass is 9.97. The largest absolute Gasteiger partial charge is 0.494 e. The standard InChI is InChI=1S/C16H23FN2O.2ClH/c1-12(2)10-15(19-8-6-18-7-9-19)13-4-5-16(20-3)14(17)11-13;;/h4-5,11,15,18H,1,6-10H2,2-3H3;2*1H/t15-;;/m1../s1. The molecule has 1 aromatic carbocycles. The summed E-state index contributed by atoms with van der Waals surface area (Å²) in [4.78, 5) is 2.40. The molecule has 0 saturated carbocycles. The molecule has 1 atom stereocenters. The zero-order valence-electron chi connectivity index (χ0n) is 13.1. The van der Waals surface area contributed by atoms with E-state index in [1.54, 1.807) is 12.1 Å². The van der Waals surface area contributed by atoms with Crippen LogP contribution in [0.1, 0.15) is 24.9 Å². The second kappa shape index (κ2) is 10.1. The molecule has 0 spiro atoms. The Labute approximate surface area is 144 Å². The lowest BCUT2D eigenvalue weighted by Crippen LogP contribution is -2.45. The lowest BCUT2D eigenvalue weighted by Gasteiger charge is -2.35. The zero-order valence-corrected chi connectivity index (χ0v) is 14.7. The van der Waals surface area contributed by atoms with E-state index in [1.807, 2.05) is 13.0 Å². The number of benzene rings is 1. The highest BCUT2D eigenvalue weighted by molar-refractivity contribution is 5.85. The Bertz CT molecular complexity index is 479. The fourth-order valence-electron chi connectivity index (χ4n) is 2.67. The van der Waals surface area contributed by atoms with Crippen molar-refractivity contribution in [2.24, 2.45) is 0 Å². The number of ether oxygens (including phenoxy) is 1. The first-order valence-corrected chi connectivity index (χ1v) is 7.04. The number of nitrogens with one attached hydrogen (secondary N) is 1. The van der Waals surface area contributed by atoms with Gasteiger partial charge >= 0.3 is 0 Å². The third-order valence-electron chi connectivity index (χ3n) is 3.69. The van der Waals surface area contributed by atoms with Gasteiger partial charge in [0, 0.05) is 32.2 Å². The Hall–Kier alpha value is -0.810. The van der Waals surface area contributed by atoms with E-state index in [1.165, 1.54) is 7.11 Å². The average molecular weight is 351 g/mol. The van der Waals surface area contributed by atoms with Crippen LogP contribution in [-0.4, -0.2) is 38.2 Å². The minimum absolute atomic E-state index is 0. The molecule has 0 aromatic heterocycles. The predicted molar refractivity (Wildman–Crippen MR) is 94.1 cm³/mol. The number of hydrogen-bond donors (Lipinski definition) is 1. The molecule has 0 unspecified atom stereocenters. The van der Waals surface area contributed by atoms with Gasteiger partial charge in [-0.2, -0.15) is 0 Å². The molecule has 22 heavy (non-hydrogen) atoms.